The van der Waals surface area contributed by atoms with Gasteiger partial charge < -0.3 is 5.73 Å². The third-order valence-electron chi connectivity index (χ3n) is 3.50. The second-order valence-electron chi connectivity index (χ2n) is 5.16. The lowest BCUT2D eigenvalue weighted by atomic mass is 10.1. The van der Waals surface area contributed by atoms with Crippen LogP contribution in [0.1, 0.15) is 22.9 Å². The van der Waals surface area contributed by atoms with E-state index in [1.165, 1.54) is 10.4 Å². The highest BCUT2D eigenvalue weighted by atomic mass is 32.1. The summed E-state index contributed by atoms with van der Waals surface area (Å²) in [4.78, 5) is 3.75. The van der Waals surface area contributed by atoms with E-state index in [1.54, 1.807) is 0 Å². The van der Waals surface area contributed by atoms with Crippen LogP contribution in [0.25, 0.3) is 0 Å². The van der Waals surface area contributed by atoms with E-state index in [0.29, 0.717) is 6.04 Å². The molecule has 0 aliphatic rings. The van der Waals surface area contributed by atoms with Crippen LogP contribution in [0.15, 0.2) is 41.8 Å². The summed E-state index contributed by atoms with van der Waals surface area (Å²) >= 11 is 1.81. The van der Waals surface area contributed by atoms with Crippen molar-refractivity contribution in [3.63, 3.8) is 0 Å². The van der Waals surface area contributed by atoms with E-state index in [-0.39, 0.29) is 5.84 Å². The first-order valence-corrected chi connectivity index (χ1v) is 7.60. The summed E-state index contributed by atoms with van der Waals surface area (Å²) in [5.74, 6) is 0.126. The van der Waals surface area contributed by atoms with Gasteiger partial charge in [-0.3, -0.25) is 10.3 Å². The number of thiophene rings is 1. The van der Waals surface area contributed by atoms with Gasteiger partial charge in [-0.15, -0.1) is 11.3 Å². The molecule has 1 aromatic carbocycles. The molecule has 0 bridgehead atoms. The summed E-state index contributed by atoms with van der Waals surface area (Å²) < 4.78 is 0. The molecule has 2 aromatic rings. The van der Waals surface area contributed by atoms with E-state index in [4.69, 9.17) is 11.1 Å². The van der Waals surface area contributed by atoms with Crippen LogP contribution in [0.5, 0.6) is 0 Å². The number of likely N-dealkylation sites (N-methyl/N-ethyl adjacent to an activating group) is 1. The van der Waals surface area contributed by atoms with Crippen molar-refractivity contribution in [3.05, 3.63) is 57.8 Å². The van der Waals surface area contributed by atoms with Crippen LogP contribution in [0.4, 0.5) is 0 Å². The quantitative estimate of drug-likeness (QED) is 0.633. The Bertz CT molecular complexity index is 563. The normalized spacial score (nSPS) is 12.6. The summed E-state index contributed by atoms with van der Waals surface area (Å²) in [7, 11) is 2.14. The molecule has 3 N–H and O–H groups in total. The van der Waals surface area contributed by atoms with Crippen LogP contribution in [-0.4, -0.2) is 23.8 Å². The second-order valence-corrected chi connectivity index (χ2v) is 6.19. The van der Waals surface area contributed by atoms with Crippen LogP contribution in [0.2, 0.25) is 0 Å². The Morgan fingerprint density at radius 1 is 1.35 bits per heavy atom. The first kappa shape index (κ1) is 14.8. The van der Waals surface area contributed by atoms with Gasteiger partial charge in [0, 0.05) is 23.0 Å². The fraction of sp³-hybridized carbons (Fsp3) is 0.312. The zero-order valence-corrected chi connectivity index (χ0v) is 12.8. The molecule has 106 valence electrons. The van der Waals surface area contributed by atoms with Crippen molar-refractivity contribution < 1.29 is 0 Å². The first-order valence-electron chi connectivity index (χ1n) is 6.72. The number of nitrogens with zero attached hydrogens (tertiary/aromatic N) is 1. The molecule has 1 atom stereocenters. The minimum absolute atomic E-state index is 0.126. The smallest absolute Gasteiger partial charge is 0.122 e. The van der Waals surface area contributed by atoms with Gasteiger partial charge in [0.15, 0.2) is 0 Å². The molecule has 0 aliphatic heterocycles. The average Bonchev–Trinajstić information content (AvgIpc) is 2.91. The summed E-state index contributed by atoms with van der Waals surface area (Å²) in [5.41, 5.74) is 7.52. The van der Waals surface area contributed by atoms with Gasteiger partial charge in [0.25, 0.3) is 0 Å². The molecule has 20 heavy (non-hydrogen) atoms. The summed E-state index contributed by atoms with van der Waals surface area (Å²) in [6.07, 6.45) is 1.07. The van der Waals surface area contributed by atoms with Gasteiger partial charge in [-0.2, -0.15) is 0 Å². The predicted octanol–water partition coefficient (Wildman–Crippen LogP) is 3.10. The number of amidine groups is 1. The summed E-state index contributed by atoms with van der Waals surface area (Å²) in [6.45, 7) is 3.11. The van der Waals surface area contributed by atoms with Gasteiger partial charge in [0.05, 0.1) is 0 Å². The molecule has 0 saturated heterocycles. The molecule has 0 amide bonds. The third-order valence-corrected chi connectivity index (χ3v) is 4.40. The zero-order chi connectivity index (χ0) is 14.5. The number of nitrogens with one attached hydrogen (secondary N) is 1. The Kier molecular flexibility index (Phi) is 4.93. The van der Waals surface area contributed by atoms with Crippen molar-refractivity contribution in [2.45, 2.75) is 25.9 Å². The molecule has 1 unspecified atom stereocenters. The lowest BCUT2D eigenvalue weighted by Crippen LogP contribution is -2.30. The van der Waals surface area contributed by atoms with Crippen molar-refractivity contribution in [2.24, 2.45) is 5.73 Å². The number of rotatable bonds is 6. The van der Waals surface area contributed by atoms with E-state index in [2.05, 4.69) is 42.5 Å². The molecule has 0 saturated carbocycles. The SMILES string of the molecule is CC(Cc1cccs1)N(C)Cc1cccc(C(=N)N)c1. The zero-order valence-electron chi connectivity index (χ0n) is 12.0. The summed E-state index contributed by atoms with van der Waals surface area (Å²) in [5, 5.41) is 9.62. The molecular weight excluding hydrogens is 266 g/mol. The Hall–Kier alpha value is -1.65. The summed E-state index contributed by atoms with van der Waals surface area (Å²) in [6, 6.07) is 12.7. The maximum absolute atomic E-state index is 7.50. The molecule has 3 nitrogen and oxygen atoms in total. The predicted molar refractivity (Wildman–Crippen MR) is 86.4 cm³/mol. The van der Waals surface area contributed by atoms with E-state index >= 15 is 0 Å². The van der Waals surface area contributed by atoms with Gasteiger partial charge in [-0.1, -0.05) is 24.3 Å². The first-order chi connectivity index (χ1) is 9.56. The highest BCUT2D eigenvalue weighted by Crippen LogP contribution is 2.15. The van der Waals surface area contributed by atoms with Gasteiger partial charge in [0.1, 0.15) is 5.84 Å². The minimum Gasteiger partial charge on any atom is -0.384 e. The monoisotopic (exact) mass is 287 g/mol. The number of hydrogen-bond acceptors (Lipinski definition) is 3. The lowest BCUT2D eigenvalue weighted by molar-refractivity contribution is 0.249. The third kappa shape index (κ3) is 3.92. The molecule has 0 fully saturated rings. The van der Waals surface area contributed by atoms with Crippen LogP contribution >= 0.6 is 11.3 Å². The fourth-order valence-electron chi connectivity index (χ4n) is 2.16. The number of nitrogens with two attached hydrogens (primary N) is 1. The molecular formula is C16H21N3S. The Labute approximate surface area is 124 Å². The molecule has 1 heterocycles. The van der Waals surface area contributed by atoms with E-state index in [1.807, 2.05) is 29.5 Å². The number of nitrogen functional groups attached to an aromatic ring is 1. The number of hydrogen-bond donors (Lipinski definition) is 2. The molecule has 0 aliphatic carbocycles. The molecule has 0 radical (unpaired) electrons. The lowest BCUT2D eigenvalue weighted by Gasteiger charge is -2.24. The fourth-order valence-corrected chi connectivity index (χ4v) is 2.98. The van der Waals surface area contributed by atoms with Gasteiger partial charge >= 0.3 is 0 Å². The largest absolute Gasteiger partial charge is 0.384 e. The molecule has 2 rings (SSSR count). The van der Waals surface area contributed by atoms with E-state index in [9.17, 15) is 0 Å². The van der Waals surface area contributed by atoms with Gasteiger partial charge in [-0.25, -0.2) is 0 Å². The maximum Gasteiger partial charge on any atom is 0.122 e. The van der Waals surface area contributed by atoms with Gasteiger partial charge in [-0.05, 0) is 43.5 Å². The van der Waals surface area contributed by atoms with Crippen molar-refractivity contribution >= 4 is 17.2 Å². The Morgan fingerprint density at radius 3 is 2.80 bits per heavy atom. The second kappa shape index (κ2) is 6.68. The highest BCUT2D eigenvalue weighted by molar-refractivity contribution is 7.09. The topological polar surface area (TPSA) is 53.1 Å². The van der Waals surface area contributed by atoms with Crippen LogP contribution in [0.3, 0.4) is 0 Å². The molecule has 1 aromatic heterocycles. The maximum atomic E-state index is 7.50. The number of benzene rings is 1. The van der Waals surface area contributed by atoms with Crippen LogP contribution in [-0.2, 0) is 13.0 Å². The van der Waals surface area contributed by atoms with Crippen LogP contribution in [0, 0.1) is 5.41 Å². The van der Waals surface area contributed by atoms with Crippen molar-refractivity contribution in [2.75, 3.05) is 7.05 Å². The van der Waals surface area contributed by atoms with Gasteiger partial charge in [0.2, 0.25) is 0 Å². The van der Waals surface area contributed by atoms with Crippen molar-refractivity contribution in [3.8, 4) is 0 Å². The Balaban J connectivity index is 1.98. The standard InChI is InChI=1S/C16H21N3S/c1-12(9-15-7-4-8-20-15)19(2)11-13-5-3-6-14(10-13)16(17)18/h3-8,10,12H,9,11H2,1-2H3,(H3,17,18). The molecule has 4 heteroatoms. The average molecular weight is 287 g/mol. The minimum atomic E-state index is 0.126. The Morgan fingerprint density at radius 2 is 2.15 bits per heavy atom. The van der Waals surface area contributed by atoms with Crippen molar-refractivity contribution in [1.29, 1.82) is 5.41 Å². The van der Waals surface area contributed by atoms with E-state index < -0.39 is 0 Å². The van der Waals surface area contributed by atoms with Crippen molar-refractivity contribution in [1.82, 2.24) is 4.90 Å². The van der Waals surface area contributed by atoms with E-state index in [0.717, 1.165) is 18.5 Å². The molecule has 0 spiro atoms. The highest BCUT2D eigenvalue weighted by Gasteiger charge is 2.11. The van der Waals surface area contributed by atoms with Crippen LogP contribution < -0.4 is 5.73 Å².